The van der Waals surface area contributed by atoms with Gasteiger partial charge in [-0.15, -0.1) is 0 Å². The lowest BCUT2D eigenvalue weighted by Crippen LogP contribution is -2.14. The zero-order valence-corrected chi connectivity index (χ0v) is 14.8. The Morgan fingerprint density at radius 3 is 2.41 bits per heavy atom. The number of rotatable bonds is 7. The minimum Gasteiger partial charge on any atom is -0.497 e. The first-order valence-electron chi connectivity index (χ1n) is 7.98. The van der Waals surface area contributed by atoms with Crippen LogP contribution in [0, 0.1) is 5.82 Å². The standard InChI is InChI=1S/C20H18FNO5/c1-13(23)22-15-6-9-17(18(21)11-15)19(24)12-27-20(25)10-5-14-3-7-16(26-2)8-4-14/h3-11H,12H2,1-2H3,(H,22,23)/b10-5+. The Morgan fingerprint density at radius 2 is 1.81 bits per heavy atom. The van der Waals surface area contributed by atoms with Gasteiger partial charge in [-0.25, -0.2) is 9.18 Å². The second-order valence-corrected chi connectivity index (χ2v) is 5.51. The number of methoxy groups -OCH3 is 1. The van der Waals surface area contributed by atoms with E-state index in [9.17, 15) is 18.8 Å². The van der Waals surface area contributed by atoms with Crippen LogP contribution in [0.3, 0.4) is 0 Å². The van der Waals surface area contributed by atoms with Crippen molar-refractivity contribution in [3.8, 4) is 5.75 Å². The van der Waals surface area contributed by atoms with Crippen molar-refractivity contribution >= 4 is 29.4 Å². The third-order valence-corrected chi connectivity index (χ3v) is 3.46. The van der Waals surface area contributed by atoms with Crippen LogP contribution in [0.25, 0.3) is 6.08 Å². The number of amides is 1. The molecule has 0 spiro atoms. The summed E-state index contributed by atoms with van der Waals surface area (Å²) in [5.41, 5.74) is 0.755. The zero-order chi connectivity index (χ0) is 19.8. The molecule has 2 rings (SSSR count). The number of benzene rings is 2. The fraction of sp³-hybridized carbons (Fsp3) is 0.150. The van der Waals surface area contributed by atoms with E-state index in [1.165, 1.54) is 31.2 Å². The first kappa shape index (κ1) is 19.8. The van der Waals surface area contributed by atoms with Crippen LogP contribution in [0.1, 0.15) is 22.8 Å². The fourth-order valence-corrected chi connectivity index (χ4v) is 2.16. The second-order valence-electron chi connectivity index (χ2n) is 5.51. The molecule has 0 aliphatic rings. The van der Waals surface area contributed by atoms with Crippen molar-refractivity contribution in [1.82, 2.24) is 0 Å². The third kappa shape index (κ3) is 6.07. The van der Waals surface area contributed by atoms with Gasteiger partial charge in [-0.2, -0.15) is 0 Å². The van der Waals surface area contributed by atoms with Crippen LogP contribution in [0.15, 0.2) is 48.5 Å². The van der Waals surface area contributed by atoms with Crippen molar-refractivity contribution in [3.63, 3.8) is 0 Å². The molecule has 0 saturated heterocycles. The average molecular weight is 371 g/mol. The molecule has 0 atom stereocenters. The molecule has 27 heavy (non-hydrogen) atoms. The van der Waals surface area contributed by atoms with Gasteiger partial charge in [-0.3, -0.25) is 9.59 Å². The van der Waals surface area contributed by atoms with Gasteiger partial charge in [0.15, 0.2) is 6.61 Å². The number of ether oxygens (including phenoxy) is 2. The average Bonchev–Trinajstić information content (AvgIpc) is 2.64. The number of carbonyl (C=O) groups excluding carboxylic acids is 3. The van der Waals surface area contributed by atoms with E-state index in [0.29, 0.717) is 5.75 Å². The number of Topliss-reactive ketones (excluding diaryl/α,β-unsaturated/α-hetero) is 1. The molecular formula is C20H18FNO5. The smallest absolute Gasteiger partial charge is 0.331 e. The number of ketones is 1. The quantitative estimate of drug-likeness (QED) is 0.459. The maximum Gasteiger partial charge on any atom is 0.331 e. The predicted octanol–water partition coefficient (Wildman–Crippen LogP) is 3.23. The van der Waals surface area contributed by atoms with Gasteiger partial charge in [-0.05, 0) is 42.0 Å². The van der Waals surface area contributed by atoms with E-state index in [1.54, 1.807) is 31.4 Å². The summed E-state index contributed by atoms with van der Waals surface area (Å²) in [5, 5.41) is 2.41. The van der Waals surface area contributed by atoms with Gasteiger partial charge in [0.25, 0.3) is 0 Å². The number of halogens is 1. The van der Waals surface area contributed by atoms with Gasteiger partial charge >= 0.3 is 5.97 Å². The summed E-state index contributed by atoms with van der Waals surface area (Å²) in [6, 6.07) is 10.6. The molecule has 140 valence electrons. The Balaban J connectivity index is 1.91. The number of esters is 1. The maximum absolute atomic E-state index is 14.0. The van der Waals surface area contributed by atoms with Crippen molar-refractivity contribution in [3.05, 3.63) is 65.5 Å². The number of hydrogen-bond donors (Lipinski definition) is 1. The zero-order valence-electron chi connectivity index (χ0n) is 14.8. The molecule has 7 heteroatoms. The fourth-order valence-electron chi connectivity index (χ4n) is 2.16. The Kier molecular flexibility index (Phi) is 6.82. The van der Waals surface area contributed by atoms with E-state index in [4.69, 9.17) is 9.47 Å². The van der Waals surface area contributed by atoms with Crippen LogP contribution < -0.4 is 10.1 Å². The molecule has 0 bridgehead atoms. The molecule has 0 aliphatic carbocycles. The van der Waals surface area contributed by atoms with Crippen LogP contribution in [0.4, 0.5) is 10.1 Å². The molecule has 2 aromatic rings. The minimum atomic E-state index is -0.809. The van der Waals surface area contributed by atoms with Gasteiger partial charge in [0.2, 0.25) is 11.7 Å². The van der Waals surface area contributed by atoms with E-state index >= 15 is 0 Å². The minimum absolute atomic E-state index is 0.226. The molecule has 0 fully saturated rings. The van der Waals surface area contributed by atoms with Gasteiger partial charge in [0.05, 0.1) is 12.7 Å². The highest BCUT2D eigenvalue weighted by Crippen LogP contribution is 2.16. The normalized spacial score (nSPS) is 10.5. The lowest BCUT2D eigenvalue weighted by Gasteiger charge is -2.06. The molecule has 0 unspecified atom stereocenters. The monoisotopic (exact) mass is 371 g/mol. The van der Waals surface area contributed by atoms with E-state index in [0.717, 1.165) is 11.6 Å². The van der Waals surface area contributed by atoms with E-state index < -0.39 is 24.2 Å². The molecule has 0 heterocycles. The first-order chi connectivity index (χ1) is 12.9. The van der Waals surface area contributed by atoms with Crippen molar-refractivity contribution in [1.29, 1.82) is 0 Å². The summed E-state index contributed by atoms with van der Waals surface area (Å²) in [5.74, 6) is -1.89. The summed E-state index contributed by atoms with van der Waals surface area (Å²) >= 11 is 0. The second kappa shape index (κ2) is 9.28. The first-order valence-corrected chi connectivity index (χ1v) is 7.98. The molecule has 0 aromatic heterocycles. The van der Waals surface area contributed by atoms with Crippen LogP contribution in [0.5, 0.6) is 5.75 Å². The number of nitrogens with one attached hydrogen (secondary N) is 1. The molecule has 6 nitrogen and oxygen atoms in total. The summed E-state index contributed by atoms with van der Waals surface area (Å²) in [7, 11) is 1.55. The molecule has 1 amide bonds. The lowest BCUT2D eigenvalue weighted by atomic mass is 10.1. The lowest BCUT2D eigenvalue weighted by molar-refractivity contribution is -0.136. The Bertz CT molecular complexity index is 874. The SMILES string of the molecule is COc1ccc(/C=C/C(=O)OCC(=O)c2ccc(NC(C)=O)cc2F)cc1. The maximum atomic E-state index is 14.0. The van der Waals surface area contributed by atoms with Crippen molar-refractivity contribution in [2.24, 2.45) is 0 Å². The van der Waals surface area contributed by atoms with E-state index in [-0.39, 0.29) is 17.2 Å². The Morgan fingerprint density at radius 1 is 1.11 bits per heavy atom. The summed E-state index contributed by atoms with van der Waals surface area (Å²) in [6.45, 7) is 0.693. The largest absolute Gasteiger partial charge is 0.497 e. The molecule has 0 aliphatic heterocycles. The summed E-state index contributed by atoms with van der Waals surface area (Å²) in [4.78, 5) is 34.7. The Hall–Kier alpha value is -3.48. The topological polar surface area (TPSA) is 81.7 Å². The van der Waals surface area contributed by atoms with Crippen molar-refractivity contribution < 1.29 is 28.2 Å². The molecule has 2 aromatic carbocycles. The highest BCUT2D eigenvalue weighted by Gasteiger charge is 2.14. The van der Waals surface area contributed by atoms with Crippen LogP contribution in [-0.4, -0.2) is 31.4 Å². The van der Waals surface area contributed by atoms with E-state index in [2.05, 4.69) is 5.32 Å². The van der Waals surface area contributed by atoms with Gasteiger partial charge < -0.3 is 14.8 Å². The van der Waals surface area contributed by atoms with Crippen LogP contribution in [0.2, 0.25) is 0 Å². The third-order valence-electron chi connectivity index (χ3n) is 3.46. The van der Waals surface area contributed by atoms with Gasteiger partial charge in [0.1, 0.15) is 11.6 Å². The van der Waals surface area contributed by atoms with E-state index in [1.807, 2.05) is 0 Å². The van der Waals surface area contributed by atoms with Gasteiger partial charge in [-0.1, -0.05) is 12.1 Å². The number of carbonyl (C=O) groups is 3. The highest BCUT2D eigenvalue weighted by molar-refractivity contribution is 5.99. The molecule has 0 saturated carbocycles. The molecule has 0 radical (unpaired) electrons. The van der Waals surface area contributed by atoms with Crippen LogP contribution in [-0.2, 0) is 14.3 Å². The molecular weight excluding hydrogens is 353 g/mol. The van der Waals surface area contributed by atoms with Crippen molar-refractivity contribution in [2.45, 2.75) is 6.92 Å². The predicted molar refractivity (Wildman–Crippen MR) is 98.0 cm³/mol. The highest BCUT2D eigenvalue weighted by atomic mass is 19.1. The Labute approximate surface area is 155 Å². The summed E-state index contributed by atoms with van der Waals surface area (Å²) < 4.78 is 23.8. The van der Waals surface area contributed by atoms with Gasteiger partial charge in [0, 0.05) is 18.7 Å². The number of hydrogen-bond acceptors (Lipinski definition) is 5. The van der Waals surface area contributed by atoms with Crippen LogP contribution >= 0.6 is 0 Å². The number of anilines is 1. The molecule has 1 N–H and O–H groups in total. The summed E-state index contributed by atoms with van der Waals surface area (Å²) in [6.07, 6.45) is 2.69. The van der Waals surface area contributed by atoms with Crippen molar-refractivity contribution in [2.75, 3.05) is 19.0 Å².